The molecule has 4 aromatic rings. The standard InChI is InChI=1S/C31H38S/c1-3-4-5-6-7-8-9-10-11-12-21-32-27-16-20-29-26(23-27)15-19-30-28-17-13-24(2)22-25(28)14-18-31(29)30/h13-20,22-23H,3-12,21H2,1-2H3. The predicted molar refractivity (Wildman–Crippen MR) is 146 cm³/mol. The third kappa shape index (κ3) is 5.87. The number of hydrogen-bond acceptors (Lipinski definition) is 1. The minimum absolute atomic E-state index is 1.24. The number of benzene rings is 4. The minimum Gasteiger partial charge on any atom is -0.126 e. The van der Waals surface area contributed by atoms with Crippen LogP contribution in [0.2, 0.25) is 0 Å². The van der Waals surface area contributed by atoms with Gasteiger partial charge in [-0.15, -0.1) is 11.8 Å². The number of aryl methyl sites for hydroxylation is 1. The molecule has 0 N–H and O–H groups in total. The van der Waals surface area contributed by atoms with Crippen molar-refractivity contribution in [2.45, 2.75) is 83.0 Å². The maximum Gasteiger partial charge on any atom is 0.00783 e. The first kappa shape index (κ1) is 23.2. The lowest BCUT2D eigenvalue weighted by Gasteiger charge is -2.10. The Bertz CT molecular complexity index is 1160. The molecule has 0 heterocycles. The largest absolute Gasteiger partial charge is 0.126 e. The maximum atomic E-state index is 2.38. The first-order valence-electron chi connectivity index (χ1n) is 12.7. The smallest absolute Gasteiger partial charge is 0.00783 e. The van der Waals surface area contributed by atoms with Crippen LogP contribution in [0.3, 0.4) is 0 Å². The molecule has 0 unspecified atom stereocenters. The molecule has 0 amide bonds. The Labute approximate surface area is 198 Å². The van der Waals surface area contributed by atoms with Crippen LogP contribution in [-0.4, -0.2) is 5.75 Å². The van der Waals surface area contributed by atoms with Gasteiger partial charge in [-0.3, -0.25) is 0 Å². The molecule has 0 aliphatic carbocycles. The normalized spacial score (nSPS) is 11.7. The third-order valence-corrected chi connectivity index (χ3v) is 7.81. The fourth-order valence-corrected chi connectivity index (χ4v) is 5.81. The minimum atomic E-state index is 1.24. The molecule has 4 aromatic carbocycles. The lowest BCUT2D eigenvalue weighted by molar-refractivity contribution is 0.563. The molecule has 168 valence electrons. The van der Waals surface area contributed by atoms with E-state index in [0.29, 0.717) is 0 Å². The zero-order chi connectivity index (χ0) is 22.2. The molecular weight excluding hydrogens is 404 g/mol. The molecule has 0 spiro atoms. The maximum absolute atomic E-state index is 2.38. The van der Waals surface area contributed by atoms with Crippen LogP contribution in [-0.2, 0) is 0 Å². The van der Waals surface area contributed by atoms with Crippen LogP contribution < -0.4 is 0 Å². The molecule has 0 fully saturated rings. The molecule has 0 saturated carbocycles. The van der Waals surface area contributed by atoms with Crippen LogP contribution in [0, 0.1) is 6.92 Å². The van der Waals surface area contributed by atoms with Gasteiger partial charge in [0.05, 0.1) is 0 Å². The Kier molecular flexibility index (Phi) is 8.51. The highest BCUT2D eigenvalue weighted by Gasteiger charge is 2.06. The molecular formula is C31H38S. The predicted octanol–water partition coefficient (Wildman–Crippen LogP) is 10.5. The highest BCUT2D eigenvalue weighted by Crippen LogP contribution is 2.33. The Balaban J connectivity index is 1.30. The van der Waals surface area contributed by atoms with Crippen molar-refractivity contribution in [3.05, 3.63) is 66.2 Å². The number of hydrogen-bond donors (Lipinski definition) is 0. The highest BCUT2D eigenvalue weighted by molar-refractivity contribution is 7.99. The number of rotatable bonds is 12. The van der Waals surface area contributed by atoms with Crippen molar-refractivity contribution in [3.63, 3.8) is 0 Å². The first-order valence-corrected chi connectivity index (χ1v) is 13.7. The SMILES string of the molecule is CCCCCCCCCCCCSc1ccc2c(ccc3c4ccc(C)cc4ccc23)c1. The summed E-state index contributed by atoms with van der Waals surface area (Å²) in [5, 5.41) is 8.14. The van der Waals surface area contributed by atoms with E-state index in [2.05, 4.69) is 74.5 Å². The summed E-state index contributed by atoms with van der Waals surface area (Å²) in [7, 11) is 0. The summed E-state index contributed by atoms with van der Waals surface area (Å²) in [6.45, 7) is 4.46. The molecule has 0 nitrogen and oxygen atoms in total. The summed E-state index contributed by atoms with van der Waals surface area (Å²) in [5.41, 5.74) is 1.32. The summed E-state index contributed by atoms with van der Waals surface area (Å²) in [5.74, 6) is 1.24. The van der Waals surface area contributed by atoms with Crippen molar-refractivity contribution >= 4 is 44.1 Å². The van der Waals surface area contributed by atoms with Gasteiger partial charge in [-0.2, -0.15) is 0 Å². The van der Waals surface area contributed by atoms with Crippen LogP contribution in [0.15, 0.2) is 65.6 Å². The van der Waals surface area contributed by atoms with E-state index in [0.717, 1.165) is 0 Å². The van der Waals surface area contributed by atoms with Crippen LogP contribution in [0.4, 0.5) is 0 Å². The lowest BCUT2D eigenvalue weighted by Crippen LogP contribution is -1.85. The zero-order valence-electron chi connectivity index (χ0n) is 20.0. The molecule has 0 atom stereocenters. The molecule has 1 heteroatoms. The zero-order valence-corrected chi connectivity index (χ0v) is 20.8. The average molecular weight is 443 g/mol. The van der Waals surface area contributed by atoms with Gasteiger partial charge in [0.25, 0.3) is 0 Å². The summed E-state index contributed by atoms with van der Waals surface area (Å²) < 4.78 is 0. The van der Waals surface area contributed by atoms with Crippen molar-refractivity contribution in [3.8, 4) is 0 Å². The summed E-state index contributed by atoms with van der Waals surface area (Å²) in [6, 6.07) is 23.0. The van der Waals surface area contributed by atoms with Gasteiger partial charge in [0, 0.05) is 4.90 Å². The highest BCUT2D eigenvalue weighted by atomic mass is 32.2. The van der Waals surface area contributed by atoms with Gasteiger partial charge in [-0.05, 0) is 63.5 Å². The summed E-state index contributed by atoms with van der Waals surface area (Å²) >= 11 is 2.02. The van der Waals surface area contributed by atoms with Crippen LogP contribution in [0.1, 0.15) is 76.7 Å². The van der Waals surface area contributed by atoms with E-state index >= 15 is 0 Å². The molecule has 0 aromatic heterocycles. The van der Waals surface area contributed by atoms with Gasteiger partial charge in [-0.25, -0.2) is 0 Å². The molecule has 0 bridgehead atoms. The molecule has 4 rings (SSSR count). The summed E-state index contributed by atoms with van der Waals surface area (Å²) in [4.78, 5) is 1.41. The molecule has 0 aliphatic heterocycles. The van der Waals surface area contributed by atoms with E-state index in [4.69, 9.17) is 0 Å². The van der Waals surface area contributed by atoms with Crippen LogP contribution in [0.5, 0.6) is 0 Å². The topological polar surface area (TPSA) is 0 Å². The molecule has 0 saturated heterocycles. The Morgan fingerprint density at radius 2 is 1.06 bits per heavy atom. The van der Waals surface area contributed by atoms with Gasteiger partial charge < -0.3 is 0 Å². The van der Waals surface area contributed by atoms with Crippen molar-refractivity contribution in [1.29, 1.82) is 0 Å². The average Bonchev–Trinajstić information content (AvgIpc) is 2.81. The van der Waals surface area contributed by atoms with Crippen molar-refractivity contribution in [1.82, 2.24) is 0 Å². The van der Waals surface area contributed by atoms with E-state index in [1.807, 2.05) is 11.8 Å². The molecule has 0 aliphatic rings. The van der Waals surface area contributed by atoms with Gasteiger partial charge in [0.2, 0.25) is 0 Å². The van der Waals surface area contributed by atoms with Gasteiger partial charge in [0.15, 0.2) is 0 Å². The van der Waals surface area contributed by atoms with Crippen LogP contribution in [0.25, 0.3) is 32.3 Å². The first-order chi connectivity index (χ1) is 15.8. The van der Waals surface area contributed by atoms with Gasteiger partial charge >= 0.3 is 0 Å². The second kappa shape index (κ2) is 11.8. The van der Waals surface area contributed by atoms with E-state index in [9.17, 15) is 0 Å². The van der Waals surface area contributed by atoms with E-state index in [-0.39, 0.29) is 0 Å². The van der Waals surface area contributed by atoms with Crippen molar-refractivity contribution in [2.75, 3.05) is 5.75 Å². The van der Waals surface area contributed by atoms with E-state index in [1.165, 1.54) is 113 Å². The summed E-state index contributed by atoms with van der Waals surface area (Å²) in [6.07, 6.45) is 14.1. The Morgan fingerprint density at radius 3 is 1.72 bits per heavy atom. The second-order valence-electron chi connectivity index (χ2n) is 9.36. The molecule has 32 heavy (non-hydrogen) atoms. The van der Waals surface area contributed by atoms with Gasteiger partial charge in [-0.1, -0.05) is 119 Å². The molecule has 0 radical (unpaired) electrons. The Hall–Kier alpha value is -1.99. The number of fused-ring (bicyclic) bond motifs is 5. The van der Waals surface area contributed by atoms with E-state index < -0.39 is 0 Å². The third-order valence-electron chi connectivity index (χ3n) is 6.73. The fourth-order valence-electron chi connectivity index (χ4n) is 4.85. The lowest BCUT2D eigenvalue weighted by atomic mass is 9.96. The fraction of sp³-hybridized carbons (Fsp3) is 0.419. The Morgan fingerprint density at radius 1 is 0.531 bits per heavy atom. The van der Waals surface area contributed by atoms with Crippen molar-refractivity contribution in [2.24, 2.45) is 0 Å². The monoisotopic (exact) mass is 442 g/mol. The number of thioether (sulfide) groups is 1. The van der Waals surface area contributed by atoms with E-state index in [1.54, 1.807) is 0 Å². The van der Waals surface area contributed by atoms with Crippen molar-refractivity contribution < 1.29 is 0 Å². The van der Waals surface area contributed by atoms with Gasteiger partial charge in [0.1, 0.15) is 0 Å². The second-order valence-corrected chi connectivity index (χ2v) is 10.5. The quantitative estimate of drug-likeness (QED) is 0.119. The van der Waals surface area contributed by atoms with Crippen LogP contribution >= 0.6 is 11.8 Å². The number of unbranched alkanes of at least 4 members (excludes halogenated alkanes) is 9.